The third-order valence-corrected chi connectivity index (χ3v) is 6.64. The van der Waals surface area contributed by atoms with Gasteiger partial charge in [-0.05, 0) is 87.1 Å². The van der Waals surface area contributed by atoms with E-state index in [2.05, 4.69) is 35.8 Å². The van der Waals surface area contributed by atoms with Crippen LogP contribution in [-0.4, -0.2) is 61.6 Å². The first-order chi connectivity index (χ1) is 19.2. The number of carbonyl (C=O) groups is 1. The molecule has 0 aliphatic heterocycles. The molecule has 3 heterocycles. The van der Waals surface area contributed by atoms with Crippen molar-refractivity contribution in [1.82, 2.24) is 35.1 Å². The molecule has 0 aliphatic carbocycles. The van der Waals surface area contributed by atoms with E-state index in [1.807, 2.05) is 76.6 Å². The summed E-state index contributed by atoms with van der Waals surface area (Å²) in [4.78, 5) is 30.6. The van der Waals surface area contributed by atoms with Crippen LogP contribution in [0.3, 0.4) is 0 Å². The van der Waals surface area contributed by atoms with Crippen molar-refractivity contribution in [2.75, 3.05) is 26.0 Å². The van der Waals surface area contributed by atoms with Crippen molar-refractivity contribution in [2.45, 2.75) is 26.7 Å². The first-order valence-electron chi connectivity index (χ1n) is 13.0. The molecule has 206 valence electrons. The Morgan fingerprint density at radius 1 is 1.10 bits per heavy atom. The van der Waals surface area contributed by atoms with Crippen molar-refractivity contribution in [3.63, 3.8) is 0 Å². The largest absolute Gasteiger partial charge is 0.457 e. The number of H-pyrrole nitrogens is 2. The molecule has 5 rings (SSSR count). The summed E-state index contributed by atoms with van der Waals surface area (Å²) in [5.74, 6) is 1.60. The standard InChI is InChI=1S/C29H32N8O3/c1-17-11-19(23-16-37(5)29(39)27-22(23)15-25(31-27)28-32-34-35-33-28)13-21(12-17)40-20-9-8-18(2)24(14-20)30-26(38)7-6-10-36(3)4/h8-9,11-16,31H,6-7,10H2,1-5H3,(H,30,38)(H,32,33,34,35). The van der Waals surface area contributed by atoms with E-state index in [9.17, 15) is 9.59 Å². The third-order valence-electron chi connectivity index (χ3n) is 6.64. The highest BCUT2D eigenvalue weighted by Gasteiger charge is 2.16. The van der Waals surface area contributed by atoms with Crippen LogP contribution in [0.5, 0.6) is 11.5 Å². The fourth-order valence-corrected chi connectivity index (χ4v) is 4.63. The number of nitrogens with one attached hydrogen (secondary N) is 3. The average molecular weight is 541 g/mol. The van der Waals surface area contributed by atoms with Gasteiger partial charge in [-0.25, -0.2) is 0 Å². The smallest absolute Gasteiger partial charge is 0.274 e. The first kappa shape index (κ1) is 26.8. The molecule has 0 spiro atoms. The number of rotatable bonds is 9. The van der Waals surface area contributed by atoms with Gasteiger partial charge in [0.15, 0.2) is 0 Å². The van der Waals surface area contributed by atoms with Crippen LogP contribution in [0.25, 0.3) is 33.5 Å². The number of hydrogen-bond donors (Lipinski definition) is 3. The Morgan fingerprint density at radius 3 is 2.67 bits per heavy atom. The molecule has 0 aliphatic rings. The number of anilines is 1. The van der Waals surface area contributed by atoms with Crippen molar-refractivity contribution >= 4 is 22.5 Å². The second-order valence-corrected chi connectivity index (χ2v) is 10.2. The Hall–Kier alpha value is -4.77. The summed E-state index contributed by atoms with van der Waals surface area (Å²) in [5.41, 5.74) is 5.29. The molecule has 1 amide bonds. The van der Waals surface area contributed by atoms with Gasteiger partial charge in [-0.15, -0.1) is 10.2 Å². The maximum Gasteiger partial charge on any atom is 0.274 e. The lowest BCUT2D eigenvalue weighted by Crippen LogP contribution is -2.17. The maximum atomic E-state index is 12.9. The second-order valence-electron chi connectivity index (χ2n) is 10.2. The van der Waals surface area contributed by atoms with Gasteiger partial charge >= 0.3 is 0 Å². The van der Waals surface area contributed by atoms with E-state index in [0.29, 0.717) is 35.0 Å². The normalized spacial score (nSPS) is 11.3. The number of pyridine rings is 1. The van der Waals surface area contributed by atoms with E-state index in [1.54, 1.807) is 11.6 Å². The second kappa shape index (κ2) is 11.1. The Balaban J connectivity index is 1.45. The highest BCUT2D eigenvalue weighted by Crippen LogP contribution is 2.34. The van der Waals surface area contributed by atoms with Crippen LogP contribution in [-0.2, 0) is 11.8 Å². The van der Waals surface area contributed by atoms with Crippen LogP contribution in [0.1, 0.15) is 24.0 Å². The van der Waals surface area contributed by atoms with Gasteiger partial charge in [-0.3, -0.25) is 9.59 Å². The molecule has 0 bridgehead atoms. The molecule has 3 N–H and O–H groups in total. The zero-order chi connectivity index (χ0) is 28.4. The molecular formula is C29H32N8O3. The Bertz CT molecular complexity index is 1730. The van der Waals surface area contributed by atoms with Crippen LogP contribution in [0.4, 0.5) is 5.69 Å². The minimum absolute atomic E-state index is 0.0228. The van der Waals surface area contributed by atoms with Crippen LogP contribution in [0, 0.1) is 13.8 Å². The topological polar surface area (TPSA) is 134 Å². The summed E-state index contributed by atoms with van der Waals surface area (Å²) in [7, 11) is 5.70. The van der Waals surface area contributed by atoms with E-state index < -0.39 is 0 Å². The number of aromatic nitrogens is 6. The monoisotopic (exact) mass is 540 g/mol. The summed E-state index contributed by atoms with van der Waals surface area (Å²) in [6.45, 7) is 4.80. The van der Waals surface area contributed by atoms with Gasteiger partial charge in [0.25, 0.3) is 5.56 Å². The number of tetrazole rings is 1. The van der Waals surface area contributed by atoms with Crippen molar-refractivity contribution in [1.29, 1.82) is 0 Å². The summed E-state index contributed by atoms with van der Waals surface area (Å²) >= 11 is 0. The van der Waals surface area contributed by atoms with Crippen LogP contribution in [0.2, 0.25) is 0 Å². The van der Waals surface area contributed by atoms with E-state index in [1.165, 1.54) is 0 Å². The van der Waals surface area contributed by atoms with Gasteiger partial charge < -0.3 is 24.5 Å². The highest BCUT2D eigenvalue weighted by atomic mass is 16.5. The van der Waals surface area contributed by atoms with Gasteiger partial charge in [0.2, 0.25) is 11.7 Å². The quantitative estimate of drug-likeness (QED) is 0.252. The van der Waals surface area contributed by atoms with Gasteiger partial charge in [-0.2, -0.15) is 5.21 Å². The number of aryl methyl sites for hydroxylation is 3. The molecule has 11 heteroatoms. The molecule has 0 fully saturated rings. The number of amides is 1. The Labute approximate surface area is 231 Å². The van der Waals surface area contributed by atoms with E-state index in [-0.39, 0.29) is 11.5 Å². The van der Waals surface area contributed by atoms with Crippen molar-refractivity contribution in [2.24, 2.45) is 7.05 Å². The first-order valence-corrected chi connectivity index (χ1v) is 13.0. The summed E-state index contributed by atoms with van der Waals surface area (Å²) in [5, 5.41) is 17.9. The zero-order valence-corrected chi connectivity index (χ0v) is 23.2. The van der Waals surface area contributed by atoms with Gasteiger partial charge in [0, 0.05) is 42.4 Å². The fraction of sp³-hybridized carbons (Fsp3) is 0.276. The summed E-state index contributed by atoms with van der Waals surface area (Å²) in [6, 6.07) is 13.4. The van der Waals surface area contributed by atoms with Crippen LogP contribution in [0.15, 0.2) is 53.5 Å². The lowest BCUT2D eigenvalue weighted by atomic mass is 10.0. The SMILES string of the molecule is Cc1cc(Oc2ccc(C)c(NC(=O)CCCN(C)C)c2)cc(-c2cn(C)c(=O)c3[nH]c(-c4nn[nH]n4)cc23)c1. The molecule has 11 nitrogen and oxygen atoms in total. The molecule has 0 unspecified atom stereocenters. The number of nitrogens with zero attached hydrogens (tertiary/aromatic N) is 5. The van der Waals surface area contributed by atoms with Crippen LogP contribution >= 0.6 is 0 Å². The molecule has 0 saturated heterocycles. The highest BCUT2D eigenvalue weighted by molar-refractivity contribution is 5.97. The lowest BCUT2D eigenvalue weighted by Gasteiger charge is -2.14. The van der Waals surface area contributed by atoms with Gasteiger partial charge in [0.1, 0.15) is 17.0 Å². The number of ether oxygens (including phenoxy) is 1. The Kier molecular flexibility index (Phi) is 7.47. The minimum Gasteiger partial charge on any atom is -0.457 e. The molecule has 5 aromatic rings. The Morgan fingerprint density at radius 2 is 1.93 bits per heavy atom. The van der Waals surface area contributed by atoms with Gasteiger partial charge in [-0.1, -0.05) is 12.1 Å². The molecule has 2 aromatic carbocycles. The molecule has 3 aromatic heterocycles. The predicted molar refractivity (Wildman–Crippen MR) is 155 cm³/mol. The lowest BCUT2D eigenvalue weighted by molar-refractivity contribution is -0.116. The number of hydrogen-bond acceptors (Lipinski definition) is 7. The molecular weight excluding hydrogens is 508 g/mol. The summed E-state index contributed by atoms with van der Waals surface area (Å²) < 4.78 is 7.82. The van der Waals surface area contributed by atoms with Crippen LogP contribution < -0.4 is 15.6 Å². The van der Waals surface area contributed by atoms with Gasteiger partial charge in [0.05, 0.1) is 5.69 Å². The van der Waals surface area contributed by atoms with E-state index in [4.69, 9.17) is 4.74 Å². The third kappa shape index (κ3) is 5.79. The molecule has 0 atom stereocenters. The van der Waals surface area contributed by atoms with Crippen molar-refractivity contribution < 1.29 is 9.53 Å². The molecule has 0 saturated carbocycles. The number of benzene rings is 2. The number of fused-ring (bicyclic) bond motifs is 1. The molecule has 0 radical (unpaired) electrons. The molecule has 40 heavy (non-hydrogen) atoms. The van der Waals surface area contributed by atoms with Crippen molar-refractivity contribution in [3.8, 4) is 34.1 Å². The average Bonchev–Trinajstić information content (AvgIpc) is 3.58. The maximum absolute atomic E-state index is 12.9. The van der Waals surface area contributed by atoms with E-state index >= 15 is 0 Å². The fourth-order valence-electron chi connectivity index (χ4n) is 4.63. The minimum atomic E-state index is -0.159. The summed E-state index contributed by atoms with van der Waals surface area (Å²) in [6.07, 6.45) is 3.05. The predicted octanol–water partition coefficient (Wildman–Crippen LogP) is 4.40. The zero-order valence-electron chi connectivity index (χ0n) is 23.2. The number of aromatic amines is 2. The van der Waals surface area contributed by atoms with Crippen molar-refractivity contribution in [3.05, 3.63) is 70.1 Å². The number of carbonyl (C=O) groups excluding carboxylic acids is 1. The van der Waals surface area contributed by atoms with E-state index in [0.717, 1.165) is 46.3 Å².